The molecular weight excluding hydrogens is 229 g/mol. The van der Waals surface area contributed by atoms with Gasteiger partial charge in [-0.15, -0.1) is 0 Å². The van der Waals surface area contributed by atoms with E-state index in [-0.39, 0.29) is 19.4 Å². The van der Waals surface area contributed by atoms with Crippen molar-refractivity contribution in [1.82, 2.24) is 0 Å². The molecule has 0 aliphatic carbocycles. The molecule has 1 saturated heterocycles. The molecule has 0 saturated carbocycles. The van der Waals surface area contributed by atoms with Gasteiger partial charge in [-0.3, -0.25) is 0 Å². The van der Waals surface area contributed by atoms with Crippen molar-refractivity contribution in [3.8, 4) is 0 Å². The fraction of sp³-hybridized carbons (Fsp3) is 0.818. The lowest BCUT2D eigenvalue weighted by atomic mass is 9.23. The van der Waals surface area contributed by atoms with Crippen molar-refractivity contribution in [3.05, 3.63) is 11.6 Å². The van der Waals surface area contributed by atoms with Gasteiger partial charge in [0.05, 0.1) is 6.61 Å². The van der Waals surface area contributed by atoms with Crippen LogP contribution in [0.1, 0.15) is 27.2 Å². The third-order valence-corrected chi connectivity index (χ3v) is 2.90. The first-order valence-corrected chi connectivity index (χ1v) is 6.55. The van der Waals surface area contributed by atoms with Gasteiger partial charge in [0.15, 0.2) is 0 Å². The van der Waals surface area contributed by atoms with Crippen LogP contribution < -0.4 is 0 Å². The van der Waals surface area contributed by atoms with Crippen LogP contribution in [0, 0.1) is 5.41 Å². The van der Waals surface area contributed by atoms with E-state index in [1.165, 1.54) is 5.57 Å². The molecule has 2 aliphatic rings. The van der Waals surface area contributed by atoms with E-state index in [0.717, 1.165) is 19.6 Å². The van der Waals surface area contributed by atoms with E-state index in [9.17, 15) is 0 Å². The Morgan fingerprint density at radius 1 is 1.11 bits per heavy atom. The SMILES string of the molecule is C/C1=C\C(C)(C)COB([B]B2OCCCO2)OC1. The van der Waals surface area contributed by atoms with Crippen LogP contribution in [0.25, 0.3) is 0 Å². The average Bonchev–Trinajstić information content (AvgIpc) is 2.32. The fourth-order valence-corrected chi connectivity index (χ4v) is 2.17. The van der Waals surface area contributed by atoms with Crippen molar-refractivity contribution in [2.24, 2.45) is 5.41 Å². The summed E-state index contributed by atoms with van der Waals surface area (Å²) in [4.78, 5) is 0. The minimum Gasteiger partial charge on any atom is -0.418 e. The second kappa shape index (κ2) is 6.28. The van der Waals surface area contributed by atoms with Gasteiger partial charge in [-0.1, -0.05) is 25.5 Å². The maximum Gasteiger partial charge on any atom is 0.396 e. The van der Waals surface area contributed by atoms with Gasteiger partial charge in [0.1, 0.15) is 0 Å². The summed E-state index contributed by atoms with van der Waals surface area (Å²) in [6, 6.07) is 0. The molecular formula is C11H20B3O4. The minimum atomic E-state index is -0.365. The Kier molecular flexibility index (Phi) is 4.95. The minimum absolute atomic E-state index is 0.0359. The lowest BCUT2D eigenvalue weighted by Crippen LogP contribution is -2.48. The van der Waals surface area contributed by atoms with Gasteiger partial charge < -0.3 is 18.6 Å². The molecule has 1 fully saturated rings. The van der Waals surface area contributed by atoms with Gasteiger partial charge in [-0.25, -0.2) is 0 Å². The highest BCUT2D eigenvalue weighted by molar-refractivity contribution is 7.35. The van der Waals surface area contributed by atoms with Gasteiger partial charge in [0.2, 0.25) is 7.06 Å². The predicted molar refractivity (Wildman–Crippen MR) is 73.2 cm³/mol. The topological polar surface area (TPSA) is 36.9 Å². The summed E-state index contributed by atoms with van der Waals surface area (Å²) in [5, 5.41) is 0. The lowest BCUT2D eigenvalue weighted by Gasteiger charge is -2.29. The van der Waals surface area contributed by atoms with Crippen LogP contribution in [0.3, 0.4) is 0 Å². The van der Waals surface area contributed by atoms with Crippen LogP contribution >= 0.6 is 0 Å². The molecule has 4 nitrogen and oxygen atoms in total. The van der Waals surface area contributed by atoms with Gasteiger partial charge in [0, 0.05) is 25.2 Å². The zero-order valence-corrected chi connectivity index (χ0v) is 11.5. The molecule has 2 rings (SSSR count). The zero-order chi connectivity index (χ0) is 13.0. The Balaban J connectivity index is 1.88. The van der Waals surface area contributed by atoms with E-state index in [4.69, 9.17) is 18.6 Å². The molecule has 0 N–H and O–H groups in total. The largest absolute Gasteiger partial charge is 0.418 e. The van der Waals surface area contributed by atoms with Crippen LogP contribution in [0.2, 0.25) is 0 Å². The summed E-state index contributed by atoms with van der Waals surface area (Å²) >= 11 is 0. The third-order valence-electron chi connectivity index (χ3n) is 2.90. The number of hydrogen-bond acceptors (Lipinski definition) is 4. The maximum atomic E-state index is 5.77. The van der Waals surface area contributed by atoms with Crippen LogP contribution in [0.5, 0.6) is 0 Å². The van der Waals surface area contributed by atoms with Gasteiger partial charge in [-0.2, -0.15) is 0 Å². The van der Waals surface area contributed by atoms with Crippen LogP contribution in [0.15, 0.2) is 11.6 Å². The summed E-state index contributed by atoms with van der Waals surface area (Å²) in [5.41, 5.74) is 1.26. The van der Waals surface area contributed by atoms with Crippen molar-refractivity contribution in [2.75, 3.05) is 26.4 Å². The van der Waals surface area contributed by atoms with Crippen LogP contribution in [-0.4, -0.2) is 47.5 Å². The smallest absolute Gasteiger partial charge is 0.396 e. The molecule has 18 heavy (non-hydrogen) atoms. The Morgan fingerprint density at radius 2 is 1.78 bits per heavy atom. The monoisotopic (exact) mass is 249 g/mol. The Labute approximate surface area is 111 Å². The van der Waals surface area contributed by atoms with Gasteiger partial charge in [0.25, 0.3) is 0 Å². The first-order valence-electron chi connectivity index (χ1n) is 6.55. The second-order valence-electron chi connectivity index (χ2n) is 5.63. The van der Waals surface area contributed by atoms with Crippen molar-refractivity contribution >= 4 is 21.1 Å². The molecule has 0 amide bonds. The molecule has 0 atom stereocenters. The molecule has 2 heterocycles. The molecule has 97 valence electrons. The van der Waals surface area contributed by atoms with E-state index in [1.807, 2.05) is 7.06 Å². The highest BCUT2D eigenvalue weighted by atomic mass is 16.6. The second-order valence-corrected chi connectivity index (χ2v) is 5.63. The molecule has 1 radical (unpaired) electrons. The first kappa shape index (κ1) is 14.2. The van der Waals surface area contributed by atoms with E-state index >= 15 is 0 Å². The predicted octanol–water partition coefficient (Wildman–Crippen LogP) is 1.12. The van der Waals surface area contributed by atoms with E-state index in [1.54, 1.807) is 0 Å². The molecule has 7 heteroatoms. The Morgan fingerprint density at radius 3 is 2.50 bits per heavy atom. The lowest BCUT2D eigenvalue weighted by molar-refractivity contribution is 0.145. The van der Waals surface area contributed by atoms with E-state index in [0.29, 0.717) is 13.2 Å². The molecule has 0 aromatic heterocycles. The fourth-order valence-electron chi connectivity index (χ4n) is 2.17. The number of rotatable bonds is 2. The summed E-state index contributed by atoms with van der Waals surface area (Å²) < 4.78 is 22.4. The highest BCUT2D eigenvalue weighted by Gasteiger charge is 2.34. The zero-order valence-electron chi connectivity index (χ0n) is 11.5. The summed E-state index contributed by atoms with van der Waals surface area (Å²) in [6.45, 7) is 9.07. The standard InChI is InChI=1S/C11H20B3O4/c1-10-7-11(2,3)9-18-14(17-8-10)12-13-15-5-4-6-16-13/h7H,4-6,8-9H2,1-3H3/b10-7+. The quantitative estimate of drug-likeness (QED) is 0.542. The van der Waals surface area contributed by atoms with E-state index in [2.05, 4.69) is 26.8 Å². The highest BCUT2D eigenvalue weighted by Crippen LogP contribution is 2.22. The maximum absolute atomic E-state index is 5.77. The van der Waals surface area contributed by atoms with Crippen molar-refractivity contribution in [2.45, 2.75) is 27.2 Å². The first-order chi connectivity index (χ1) is 8.55. The van der Waals surface area contributed by atoms with E-state index < -0.39 is 0 Å². The van der Waals surface area contributed by atoms with Crippen LogP contribution in [0.4, 0.5) is 0 Å². The van der Waals surface area contributed by atoms with Crippen LogP contribution in [-0.2, 0) is 18.6 Å². The van der Waals surface area contributed by atoms with Gasteiger partial charge >= 0.3 is 14.0 Å². The Bertz CT molecular complexity index is 303. The normalized spacial score (nSPS) is 28.1. The average molecular weight is 249 g/mol. The molecule has 0 aromatic rings. The number of hydrogen-bond donors (Lipinski definition) is 0. The van der Waals surface area contributed by atoms with Crippen molar-refractivity contribution in [1.29, 1.82) is 0 Å². The molecule has 0 unspecified atom stereocenters. The molecule has 0 aromatic carbocycles. The Hall–Kier alpha value is -0.225. The summed E-state index contributed by atoms with van der Waals surface area (Å²) in [7, 11) is 1.18. The van der Waals surface area contributed by atoms with Crippen molar-refractivity contribution < 1.29 is 18.6 Å². The summed E-state index contributed by atoms with van der Waals surface area (Å²) in [6.07, 6.45) is 3.16. The van der Waals surface area contributed by atoms with Crippen molar-refractivity contribution in [3.63, 3.8) is 0 Å². The summed E-state index contributed by atoms with van der Waals surface area (Å²) in [5.74, 6) is 0. The third kappa shape index (κ3) is 4.46. The molecule has 0 bridgehead atoms. The van der Waals surface area contributed by atoms with Gasteiger partial charge in [-0.05, 0) is 13.3 Å². The molecule has 0 spiro atoms. The molecule has 2 aliphatic heterocycles.